The van der Waals surface area contributed by atoms with Crippen LogP contribution in [0, 0.1) is 0 Å². The topological polar surface area (TPSA) is 75.7 Å². The fourth-order valence-electron chi connectivity index (χ4n) is 3.04. The van der Waals surface area contributed by atoms with Crippen LogP contribution < -0.4 is 5.32 Å². The van der Waals surface area contributed by atoms with Crippen LogP contribution in [-0.2, 0) is 14.6 Å². The van der Waals surface area contributed by atoms with Gasteiger partial charge in [-0.1, -0.05) is 18.2 Å². The molecule has 1 N–H and O–H groups in total. The Balaban J connectivity index is 1.76. The summed E-state index contributed by atoms with van der Waals surface area (Å²) in [6.07, 6.45) is 1.11. The summed E-state index contributed by atoms with van der Waals surface area (Å²) < 4.78 is 29.3. The molecule has 1 atom stereocenters. The van der Waals surface area contributed by atoms with E-state index in [0.717, 1.165) is 19.3 Å². The smallest absolute Gasteiger partial charge is 0.252 e. The van der Waals surface area contributed by atoms with Crippen molar-refractivity contribution < 1.29 is 17.9 Å². The minimum Gasteiger partial charge on any atom is -0.379 e. The predicted molar refractivity (Wildman–Crippen MR) is 101 cm³/mol. The summed E-state index contributed by atoms with van der Waals surface area (Å²) in [5.41, 5.74) is 0.182. The van der Waals surface area contributed by atoms with E-state index in [9.17, 15) is 13.2 Å². The van der Waals surface area contributed by atoms with Gasteiger partial charge in [-0.2, -0.15) is 0 Å². The number of hydrogen-bond acceptors (Lipinski definition) is 6. The van der Waals surface area contributed by atoms with E-state index in [-0.39, 0.29) is 22.4 Å². The van der Waals surface area contributed by atoms with Gasteiger partial charge in [0.05, 0.1) is 29.7 Å². The third-order valence-corrected chi connectivity index (χ3v) is 6.47. The Hall–Kier alpha value is -1.74. The molecule has 3 rings (SSSR count). The Morgan fingerprint density at radius 3 is 2.62 bits per heavy atom. The molecule has 26 heavy (non-hydrogen) atoms. The largest absolute Gasteiger partial charge is 0.379 e. The number of hydrogen-bond donors (Lipinski definition) is 1. The number of sulfone groups is 1. The van der Waals surface area contributed by atoms with Gasteiger partial charge in [-0.05, 0) is 23.6 Å². The van der Waals surface area contributed by atoms with Crippen molar-refractivity contribution in [1.82, 2.24) is 10.2 Å². The van der Waals surface area contributed by atoms with Crippen LogP contribution in [0.5, 0.6) is 0 Å². The highest BCUT2D eigenvalue weighted by atomic mass is 32.2. The van der Waals surface area contributed by atoms with Gasteiger partial charge in [0.1, 0.15) is 0 Å². The zero-order valence-corrected chi connectivity index (χ0v) is 16.2. The van der Waals surface area contributed by atoms with Crippen LogP contribution in [0.15, 0.2) is 46.7 Å². The quantitative estimate of drug-likeness (QED) is 0.811. The van der Waals surface area contributed by atoms with E-state index in [1.165, 1.54) is 10.9 Å². The SMILES string of the molecule is CS(=O)(=O)c1ccccc1C(=O)NC[C@H](c1cccs1)N1CCOCC1. The molecule has 140 valence electrons. The molecule has 1 amide bonds. The van der Waals surface area contributed by atoms with Crippen molar-refractivity contribution in [3.05, 3.63) is 52.2 Å². The van der Waals surface area contributed by atoms with Gasteiger partial charge in [0.25, 0.3) is 5.91 Å². The third-order valence-electron chi connectivity index (χ3n) is 4.35. The zero-order chi connectivity index (χ0) is 18.6. The lowest BCUT2D eigenvalue weighted by Gasteiger charge is -2.34. The maximum Gasteiger partial charge on any atom is 0.252 e. The average molecular weight is 395 g/mol. The van der Waals surface area contributed by atoms with Crippen molar-refractivity contribution in [2.75, 3.05) is 39.1 Å². The highest BCUT2D eigenvalue weighted by molar-refractivity contribution is 7.90. The molecule has 0 unspecified atom stereocenters. The van der Waals surface area contributed by atoms with E-state index in [0.29, 0.717) is 19.8 Å². The molecular formula is C18H22N2O4S2. The van der Waals surface area contributed by atoms with Gasteiger partial charge >= 0.3 is 0 Å². The van der Waals surface area contributed by atoms with Crippen LogP contribution >= 0.6 is 11.3 Å². The number of carbonyl (C=O) groups excluding carboxylic acids is 1. The Labute approximate surface area is 157 Å². The standard InChI is InChI=1S/C18H22N2O4S2/c1-26(22,23)17-7-3-2-5-14(17)18(21)19-13-15(16-6-4-12-25-16)20-8-10-24-11-9-20/h2-7,12,15H,8-11,13H2,1H3,(H,19,21)/t15-/m1/s1. The lowest BCUT2D eigenvalue weighted by Crippen LogP contribution is -2.43. The Morgan fingerprint density at radius 1 is 1.23 bits per heavy atom. The molecule has 1 fully saturated rings. The van der Waals surface area contributed by atoms with Gasteiger partial charge in [-0.25, -0.2) is 8.42 Å². The third kappa shape index (κ3) is 4.50. The number of nitrogens with one attached hydrogen (secondary N) is 1. The van der Waals surface area contributed by atoms with Crippen molar-refractivity contribution in [1.29, 1.82) is 0 Å². The number of nitrogens with zero attached hydrogens (tertiary/aromatic N) is 1. The van der Waals surface area contributed by atoms with Crippen LogP contribution in [0.1, 0.15) is 21.3 Å². The molecule has 1 aromatic heterocycles. The maximum absolute atomic E-state index is 12.7. The maximum atomic E-state index is 12.7. The molecule has 1 saturated heterocycles. The van der Waals surface area contributed by atoms with E-state index in [1.54, 1.807) is 29.5 Å². The summed E-state index contributed by atoms with van der Waals surface area (Å²) in [5.74, 6) is -0.374. The summed E-state index contributed by atoms with van der Waals surface area (Å²) in [7, 11) is -3.47. The first-order valence-corrected chi connectivity index (χ1v) is 11.2. The molecule has 8 heteroatoms. The van der Waals surface area contributed by atoms with Gasteiger partial charge in [-0.3, -0.25) is 9.69 Å². The van der Waals surface area contributed by atoms with Crippen LogP contribution in [0.3, 0.4) is 0 Å². The molecule has 0 saturated carbocycles. The molecule has 2 aromatic rings. The minimum atomic E-state index is -3.47. The summed E-state index contributed by atoms with van der Waals surface area (Å²) in [5, 5.41) is 4.94. The highest BCUT2D eigenvalue weighted by Gasteiger charge is 2.25. The number of amides is 1. The fourth-order valence-corrected chi connectivity index (χ4v) is 4.79. The molecule has 6 nitrogen and oxygen atoms in total. The van der Waals surface area contributed by atoms with Gasteiger partial charge in [0.2, 0.25) is 0 Å². The van der Waals surface area contributed by atoms with Gasteiger partial charge in [0.15, 0.2) is 9.84 Å². The second-order valence-corrected chi connectivity index (χ2v) is 9.12. The van der Waals surface area contributed by atoms with E-state index in [2.05, 4.69) is 16.3 Å². The van der Waals surface area contributed by atoms with Crippen LogP contribution in [0.2, 0.25) is 0 Å². The minimum absolute atomic E-state index is 0.0493. The first-order valence-electron chi connectivity index (χ1n) is 8.39. The zero-order valence-electron chi connectivity index (χ0n) is 14.6. The first-order chi connectivity index (χ1) is 12.5. The summed E-state index contributed by atoms with van der Waals surface area (Å²) in [6.45, 7) is 3.37. The number of thiophene rings is 1. The van der Waals surface area contributed by atoms with Crippen LogP contribution in [-0.4, -0.2) is 58.3 Å². The summed E-state index contributed by atoms with van der Waals surface area (Å²) in [6, 6.07) is 10.4. The molecule has 1 aromatic carbocycles. The number of ether oxygens (including phenoxy) is 1. The van der Waals surface area contributed by atoms with Crippen molar-refractivity contribution in [3.63, 3.8) is 0 Å². The molecule has 0 spiro atoms. The van der Waals surface area contributed by atoms with Crippen molar-refractivity contribution in [3.8, 4) is 0 Å². The second-order valence-electron chi connectivity index (χ2n) is 6.16. The number of rotatable bonds is 6. The van der Waals surface area contributed by atoms with E-state index < -0.39 is 9.84 Å². The number of morpholine rings is 1. The van der Waals surface area contributed by atoms with E-state index >= 15 is 0 Å². The second kappa shape index (κ2) is 8.30. The van der Waals surface area contributed by atoms with Gasteiger partial charge < -0.3 is 10.1 Å². The van der Waals surface area contributed by atoms with Crippen LogP contribution in [0.4, 0.5) is 0 Å². The number of benzene rings is 1. The van der Waals surface area contributed by atoms with Gasteiger partial charge in [-0.15, -0.1) is 11.3 Å². The highest BCUT2D eigenvalue weighted by Crippen LogP contribution is 2.25. The summed E-state index contributed by atoms with van der Waals surface area (Å²) >= 11 is 1.65. The van der Waals surface area contributed by atoms with E-state index in [4.69, 9.17) is 4.74 Å². The molecule has 0 radical (unpaired) electrons. The van der Waals surface area contributed by atoms with Crippen molar-refractivity contribution >= 4 is 27.1 Å². The Morgan fingerprint density at radius 2 is 1.96 bits per heavy atom. The normalized spacial score (nSPS) is 17.0. The van der Waals surface area contributed by atoms with Gasteiger partial charge in [0, 0.05) is 30.8 Å². The molecule has 1 aliphatic rings. The Kier molecular flexibility index (Phi) is 6.08. The molecule has 0 bridgehead atoms. The predicted octanol–water partition coefficient (Wildman–Crippen LogP) is 1.95. The lowest BCUT2D eigenvalue weighted by atomic mass is 10.1. The molecule has 1 aliphatic heterocycles. The molecular weight excluding hydrogens is 372 g/mol. The molecule has 0 aliphatic carbocycles. The van der Waals surface area contributed by atoms with Crippen LogP contribution in [0.25, 0.3) is 0 Å². The monoisotopic (exact) mass is 394 g/mol. The number of carbonyl (C=O) groups is 1. The lowest BCUT2D eigenvalue weighted by molar-refractivity contribution is 0.0169. The fraction of sp³-hybridized carbons (Fsp3) is 0.389. The average Bonchev–Trinajstić information content (AvgIpc) is 3.16. The van der Waals surface area contributed by atoms with Crippen molar-refractivity contribution in [2.24, 2.45) is 0 Å². The summed E-state index contributed by atoms with van der Waals surface area (Å²) in [4.78, 5) is 16.2. The van der Waals surface area contributed by atoms with Crippen molar-refractivity contribution in [2.45, 2.75) is 10.9 Å². The Bertz CT molecular complexity index is 844. The first kappa shape index (κ1) is 19.0. The molecule has 2 heterocycles. The van der Waals surface area contributed by atoms with E-state index in [1.807, 2.05) is 11.4 Å².